The molecule has 3 atom stereocenters. The number of rotatable bonds is 2. The first-order valence-electron chi connectivity index (χ1n) is 7.56. The molecule has 1 saturated heterocycles. The van der Waals surface area contributed by atoms with Crippen molar-refractivity contribution in [1.29, 1.82) is 0 Å². The summed E-state index contributed by atoms with van der Waals surface area (Å²) in [6, 6.07) is 0. The molecule has 0 N–H and O–H groups in total. The Kier molecular flexibility index (Phi) is 5.45. The summed E-state index contributed by atoms with van der Waals surface area (Å²) < 4.78 is 0.912. The lowest BCUT2D eigenvalue weighted by Gasteiger charge is -2.30. The molecule has 0 bridgehead atoms. The molecule has 0 amide bonds. The average Bonchev–Trinajstić information content (AvgIpc) is 2.98. The molecule has 0 radical (unpaired) electrons. The molecule has 1 aliphatic carbocycles. The lowest BCUT2D eigenvalue weighted by Crippen LogP contribution is -2.23. The van der Waals surface area contributed by atoms with Crippen LogP contribution in [-0.4, -0.2) is 26.2 Å². The van der Waals surface area contributed by atoms with Crippen LogP contribution in [0.2, 0.25) is 5.15 Å². The maximum absolute atomic E-state index is 6.37. The summed E-state index contributed by atoms with van der Waals surface area (Å²) in [6.07, 6.45) is 5.06. The summed E-state index contributed by atoms with van der Waals surface area (Å²) in [4.78, 5) is 9.48. The van der Waals surface area contributed by atoms with Crippen LogP contribution in [0.25, 0.3) is 0 Å². The van der Waals surface area contributed by atoms with Crippen molar-refractivity contribution in [2.45, 2.75) is 61.2 Å². The molecule has 21 heavy (non-hydrogen) atoms. The van der Waals surface area contributed by atoms with Gasteiger partial charge in [0.25, 0.3) is 0 Å². The van der Waals surface area contributed by atoms with Gasteiger partial charge in [0, 0.05) is 22.2 Å². The van der Waals surface area contributed by atoms with Crippen molar-refractivity contribution in [2.24, 2.45) is 0 Å². The van der Waals surface area contributed by atoms with Crippen molar-refractivity contribution in [2.75, 3.05) is 5.75 Å². The van der Waals surface area contributed by atoms with E-state index in [-0.39, 0.29) is 0 Å². The van der Waals surface area contributed by atoms with E-state index in [9.17, 15) is 0 Å². The maximum atomic E-state index is 6.37. The smallest absolute Gasteiger partial charge is 0.147 e. The van der Waals surface area contributed by atoms with Gasteiger partial charge in [-0.1, -0.05) is 38.3 Å². The predicted octanol–water partition coefficient (Wildman–Crippen LogP) is 5.85. The van der Waals surface area contributed by atoms with Crippen molar-refractivity contribution in [3.8, 4) is 0 Å². The molecule has 3 rings (SSSR count). The van der Waals surface area contributed by atoms with Gasteiger partial charge in [-0.2, -0.15) is 11.8 Å². The van der Waals surface area contributed by atoms with Crippen molar-refractivity contribution in [3.05, 3.63) is 21.1 Å². The van der Waals surface area contributed by atoms with Crippen LogP contribution in [0.3, 0.4) is 0 Å². The van der Waals surface area contributed by atoms with Gasteiger partial charge in [0.1, 0.15) is 11.0 Å². The van der Waals surface area contributed by atoms with E-state index in [0.29, 0.717) is 26.8 Å². The number of nitrogens with zero attached hydrogens (tertiary/aromatic N) is 2. The van der Waals surface area contributed by atoms with Gasteiger partial charge >= 0.3 is 0 Å². The molecule has 1 aromatic heterocycles. The maximum Gasteiger partial charge on any atom is 0.147 e. The van der Waals surface area contributed by atoms with Crippen molar-refractivity contribution < 1.29 is 0 Å². The average molecular weight is 408 g/mol. The number of hydrogen-bond acceptors (Lipinski definition) is 4. The van der Waals surface area contributed by atoms with Gasteiger partial charge in [-0.05, 0) is 28.8 Å². The van der Waals surface area contributed by atoms with Crippen molar-refractivity contribution in [3.63, 3.8) is 0 Å². The second kappa shape index (κ2) is 6.98. The van der Waals surface area contributed by atoms with Crippen LogP contribution >= 0.6 is 51.1 Å². The Balaban J connectivity index is 1.88. The first kappa shape index (κ1) is 16.4. The Labute approximate surface area is 148 Å². The standard InChI is InChI=1S/C15H20BrClN2S2/c1-8-9(2)21-11(7-20-8)15-18-13(10-5-3-4-6-10)12(16)14(17)19-15/h8-11H,3-7H2,1-2H3. The number of aromatic nitrogens is 2. The Morgan fingerprint density at radius 2 is 1.86 bits per heavy atom. The first-order chi connectivity index (χ1) is 10.1. The van der Waals surface area contributed by atoms with Crippen LogP contribution in [-0.2, 0) is 0 Å². The molecule has 6 heteroatoms. The van der Waals surface area contributed by atoms with Crippen LogP contribution in [0.5, 0.6) is 0 Å². The zero-order valence-corrected chi connectivity index (χ0v) is 16.3. The van der Waals surface area contributed by atoms with Crippen LogP contribution in [0.1, 0.15) is 62.2 Å². The van der Waals surface area contributed by atoms with E-state index in [1.807, 2.05) is 23.5 Å². The highest BCUT2D eigenvalue weighted by molar-refractivity contribution is 9.10. The number of halogens is 2. The zero-order valence-electron chi connectivity index (χ0n) is 12.3. The Morgan fingerprint density at radius 1 is 1.14 bits per heavy atom. The largest absolute Gasteiger partial charge is 0.235 e. The van der Waals surface area contributed by atoms with Crippen LogP contribution < -0.4 is 0 Å². The fourth-order valence-electron chi connectivity index (χ4n) is 2.99. The predicted molar refractivity (Wildman–Crippen MR) is 97.7 cm³/mol. The van der Waals surface area contributed by atoms with Gasteiger partial charge in [-0.3, -0.25) is 0 Å². The molecule has 1 saturated carbocycles. The Bertz CT molecular complexity index is 523. The molecule has 3 unspecified atom stereocenters. The third-order valence-corrected chi connectivity index (χ3v) is 9.10. The quantitative estimate of drug-likeness (QED) is 0.574. The molecule has 0 aromatic carbocycles. The van der Waals surface area contributed by atoms with E-state index in [0.717, 1.165) is 21.7 Å². The highest BCUT2D eigenvalue weighted by Gasteiger charge is 2.31. The normalized spacial score (nSPS) is 30.8. The lowest BCUT2D eigenvalue weighted by atomic mass is 10.0. The molecule has 2 nitrogen and oxygen atoms in total. The second-order valence-electron chi connectivity index (χ2n) is 5.92. The molecule has 0 spiro atoms. The van der Waals surface area contributed by atoms with Gasteiger partial charge in [-0.25, -0.2) is 9.97 Å². The molecule has 2 aliphatic rings. The van der Waals surface area contributed by atoms with E-state index < -0.39 is 0 Å². The second-order valence-corrected chi connectivity index (χ2v) is 10.1. The van der Waals surface area contributed by atoms with E-state index in [1.165, 1.54) is 25.7 Å². The van der Waals surface area contributed by atoms with Gasteiger partial charge in [-0.15, -0.1) is 11.8 Å². The molecular weight excluding hydrogens is 388 g/mol. The van der Waals surface area contributed by atoms with Crippen molar-refractivity contribution >= 4 is 51.1 Å². The summed E-state index contributed by atoms with van der Waals surface area (Å²) in [5.41, 5.74) is 1.14. The van der Waals surface area contributed by atoms with Crippen LogP contribution in [0.15, 0.2) is 4.47 Å². The van der Waals surface area contributed by atoms with E-state index in [1.54, 1.807) is 0 Å². The fourth-order valence-corrected chi connectivity index (χ4v) is 6.51. The highest BCUT2D eigenvalue weighted by Crippen LogP contribution is 2.45. The van der Waals surface area contributed by atoms with Gasteiger partial charge in [0.15, 0.2) is 0 Å². The SMILES string of the molecule is CC1SCC(c2nc(Cl)c(Br)c(C3CCCC3)n2)SC1C. The minimum atomic E-state index is 0.368. The minimum absolute atomic E-state index is 0.368. The summed E-state index contributed by atoms with van der Waals surface area (Å²) in [7, 11) is 0. The molecule has 2 heterocycles. The van der Waals surface area contributed by atoms with E-state index >= 15 is 0 Å². The Hall–Kier alpha value is 0.550. The molecule has 116 valence electrons. The topological polar surface area (TPSA) is 25.8 Å². The fraction of sp³-hybridized carbons (Fsp3) is 0.733. The molecule has 1 aliphatic heterocycles. The van der Waals surface area contributed by atoms with Gasteiger partial charge < -0.3 is 0 Å². The van der Waals surface area contributed by atoms with Gasteiger partial charge in [0.05, 0.1) is 15.4 Å². The molecule has 2 fully saturated rings. The number of hydrogen-bond donors (Lipinski definition) is 0. The first-order valence-corrected chi connectivity index (χ1v) is 10.7. The highest BCUT2D eigenvalue weighted by atomic mass is 79.9. The lowest BCUT2D eigenvalue weighted by molar-refractivity contribution is 0.678. The van der Waals surface area contributed by atoms with E-state index in [4.69, 9.17) is 16.6 Å². The Morgan fingerprint density at radius 3 is 2.52 bits per heavy atom. The minimum Gasteiger partial charge on any atom is -0.235 e. The summed E-state index contributed by atoms with van der Waals surface area (Å²) in [5.74, 6) is 2.57. The zero-order chi connectivity index (χ0) is 15.0. The molecular formula is C15H20BrClN2S2. The third kappa shape index (κ3) is 3.56. The van der Waals surface area contributed by atoms with Crippen LogP contribution in [0, 0.1) is 0 Å². The summed E-state index contributed by atoms with van der Waals surface area (Å²) >= 11 is 14.0. The summed E-state index contributed by atoms with van der Waals surface area (Å²) in [6.45, 7) is 4.60. The molecule has 1 aromatic rings. The summed E-state index contributed by atoms with van der Waals surface area (Å²) in [5, 5.41) is 2.28. The van der Waals surface area contributed by atoms with Crippen molar-refractivity contribution in [1.82, 2.24) is 9.97 Å². The van der Waals surface area contributed by atoms with Crippen LogP contribution in [0.4, 0.5) is 0 Å². The third-order valence-electron chi connectivity index (χ3n) is 4.43. The van der Waals surface area contributed by atoms with Gasteiger partial charge in [0.2, 0.25) is 0 Å². The monoisotopic (exact) mass is 406 g/mol. The van der Waals surface area contributed by atoms with E-state index in [2.05, 4.69) is 34.8 Å². The number of thioether (sulfide) groups is 2.